The Morgan fingerprint density at radius 1 is 1.07 bits per heavy atom. The van der Waals surface area contributed by atoms with Crippen molar-refractivity contribution < 1.29 is 22.7 Å². The number of nitrogens with one attached hydrogen (secondary N) is 1. The lowest BCUT2D eigenvalue weighted by atomic mass is 9.98. The Morgan fingerprint density at radius 2 is 1.79 bits per heavy atom. The molecule has 2 aromatic carbocycles. The van der Waals surface area contributed by atoms with E-state index in [4.69, 9.17) is 9.47 Å². The molecular formula is C21H24N2O5S. The van der Waals surface area contributed by atoms with Gasteiger partial charge >= 0.3 is 0 Å². The van der Waals surface area contributed by atoms with E-state index in [-0.39, 0.29) is 17.3 Å². The summed E-state index contributed by atoms with van der Waals surface area (Å²) in [6.45, 7) is 3.48. The van der Waals surface area contributed by atoms with E-state index in [1.54, 1.807) is 42.5 Å². The Balaban J connectivity index is 1.45. The second kappa shape index (κ2) is 8.04. The van der Waals surface area contributed by atoms with Crippen LogP contribution in [0.25, 0.3) is 0 Å². The quantitative estimate of drug-likeness (QED) is 0.829. The van der Waals surface area contributed by atoms with Gasteiger partial charge in [-0.25, -0.2) is 8.42 Å². The van der Waals surface area contributed by atoms with Gasteiger partial charge in [0.25, 0.3) is 0 Å². The van der Waals surface area contributed by atoms with Crippen LogP contribution in [0.4, 0.5) is 5.69 Å². The summed E-state index contributed by atoms with van der Waals surface area (Å²) in [5, 5.41) is 2.89. The predicted octanol–water partition coefficient (Wildman–Crippen LogP) is 2.81. The molecule has 0 saturated carbocycles. The van der Waals surface area contributed by atoms with Gasteiger partial charge in [-0.3, -0.25) is 4.79 Å². The molecule has 0 spiro atoms. The van der Waals surface area contributed by atoms with E-state index < -0.39 is 15.9 Å². The Kier molecular flexibility index (Phi) is 5.47. The van der Waals surface area contributed by atoms with Crippen molar-refractivity contribution in [1.82, 2.24) is 4.31 Å². The van der Waals surface area contributed by atoms with Crippen molar-refractivity contribution in [3.63, 3.8) is 0 Å². The second-order valence-electron chi connectivity index (χ2n) is 7.36. The lowest BCUT2D eigenvalue weighted by Crippen LogP contribution is -2.43. The first-order chi connectivity index (χ1) is 13.9. The molecule has 4 rings (SSSR count). The first kappa shape index (κ1) is 19.7. The van der Waals surface area contributed by atoms with Crippen molar-refractivity contribution in [2.24, 2.45) is 5.92 Å². The molecule has 1 N–H and O–H groups in total. The molecule has 0 aliphatic carbocycles. The van der Waals surface area contributed by atoms with Crippen LogP contribution in [-0.2, 0) is 14.8 Å². The molecule has 29 heavy (non-hydrogen) atoms. The Hall–Kier alpha value is -2.58. The zero-order chi connectivity index (χ0) is 20.4. The van der Waals surface area contributed by atoms with Crippen LogP contribution in [0.15, 0.2) is 47.4 Å². The van der Waals surface area contributed by atoms with E-state index in [0.717, 1.165) is 5.56 Å². The zero-order valence-corrected chi connectivity index (χ0v) is 17.1. The Bertz CT molecular complexity index is 1000. The van der Waals surface area contributed by atoms with E-state index in [1.165, 1.54) is 4.31 Å². The highest BCUT2D eigenvalue weighted by Gasteiger charge is 2.33. The highest BCUT2D eigenvalue weighted by molar-refractivity contribution is 7.89. The molecule has 1 amide bonds. The number of carbonyl (C=O) groups excluding carboxylic acids is 1. The molecule has 1 unspecified atom stereocenters. The number of carbonyl (C=O) groups is 1. The summed E-state index contributed by atoms with van der Waals surface area (Å²) in [4.78, 5) is 13.0. The zero-order valence-electron chi connectivity index (χ0n) is 16.3. The van der Waals surface area contributed by atoms with Gasteiger partial charge < -0.3 is 14.8 Å². The molecule has 1 saturated heterocycles. The lowest BCUT2D eigenvalue weighted by molar-refractivity contribution is -0.120. The third kappa shape index (κ3) is 4.23. The third-order valence-electron chi connectivity index (χ3n) is 5.22. The highest BCUT2D eigenvalue weighted by Crippen LogP contribution is 2.33. The first-order valence-electron chi connectivity index (χ1n) is 9.71. The Labute approximate surface area is 170 Å². The summed E-state index contributed by atoms with van der Waals surface area (Å²) in [6, 6.07) is 12.0. The summed E-state index contributed by atoms with van der Waals surface area (Å²) in [5.74, 6) is 0.659. The number of sulfonamides is 1. The van der Waals surface area contributed by atoms with Crippen LogP contribution >= 0.6 is 0 Å². The molecular weight excluding hydrogens is 392 g/mol. The molecule has 2 heterocycles. The average molecular weight is 416 g/mol. The third-order valence-corrected chi connectivity index (χ3v) is 7.10. The average Bonchev–Trinajstić information content (AvgIpc) is 2.74. The van der Waals surface area contributed by atoms with Crippen LogP contribution in [0, 0.1) is 12.8 Å². The molecule has 2 aliphatic rings. The van der Waals surface area contributed by atoms with Gasteiger partial charge in [-0.15, -0.1) is 0 Å². The molecule has 154 valence electrons. The van der Waals surface area contributed by atoms with Crippen LogP contribution in [0.3, 0.4) is 0 Å². The monoisotopic (exact) mass is 416 g/mol. The molecule has 2 aromatic rings. The number of piperidine rings is 1. The summed E-state index contributed by atoms with van der Waals surface area (Å²) in [6.07, 6.45) is 1.29. The largest absolute Gasteiger partial charge is 0.486 e. The number of rotatable bonds is 4. The highest BCUT2D eigenvalue weighted by atomic mass is 32.2. The van der Waals surface area contributed by atoms with Crippen molar-refractivity contribution in [1.29, 1.82) is 0 Å². The summed E-state index contributed by atoms with van der Waals surface area (Å²) < 4.78 is 38.3. The molecule has 0 bridgehead atoms. The van der Waals surface area contributed by atoms with Crippen molar-refractivity contribution in [3.8, 4) is 11.5 Å². The molecule has 0 radical (unpaired) electrons. The SMILES string of the molecule is Cc1ccc(S(=O)(=O)N2CCCC(C(=O)Nc3ccc4c(c3)OCCO4)C2)cc1. The van der Waals surface area contributed by atoms with Gasteiger partial charge in [-0.05, 0) is 44.0 Å². The fraction of sp³-hybridized carbons (Fsp3) is 0.381. The summed E-state index contributed by atoms with van der Waals surface area (Å²) >= 11 is 0. The van der Waals surface area contributed by atoms with Crippen LogP contribution in [0.1, 0.15) is 18.4 Å². The number of benzene rings is 2. The van der Waals surface area contributed by atoms with Gasteiger partial charge in [0.2, 0.25) is 15.9 Å². The van der Waals surface area contributed by atoms with Gasteiger partial charge in [-0.2, -0.15) is 4.31 Å². The minimum atomic E-state index is -3.61. The minimum absolute atomic E-state index is 0.173. The number of anilines is 1. The van der Waals surface area contributed by atoms with E-state index >= 15 is 0 Å². The number of amides is 1. The summed E-state index contributed by atoms with van der Waals surface area (Å²) in [7, 11) is -3.61. The molecule has 1 atom stereocenters. The van der Waals surface area contributed by atoms with Gasteiger partial charge in [0, 0.05) is 24.8 Å². The van der Waals surface area contributed by atoms with Gasteiger partial charge in [-0.1, -0.05) is 17.7 Å². The topological polar surface area (TPSA) is 84.9 Å². The van der Waals surface area contributed by atoms with Crippen LogP contribution < -0.4 is 14.8 Å². The number of hydrogen-bond donors (Lipinski definition) is 1. The fourth-order valence-corrected chi connectivity index (χ4v) is 5.12. The molecule has 7 nitrogen and oxygen atoms in total. The molecule has 1 fully saturated rings. The maximum atomic E-state index is 12.9. The standard InChI is InChI=1S/C21H24N2O5S/c1-15-4-7-18(8-5-15)29(25,26)23-10-2-3-16(14-23)21(24)22-17-6-9-19-20(13-17)28-12-11-27-19/h4-9,13,16H,2-3,10-12,14H2,1H3,(H,22,24). The molecule has 2 aliphatic heterocycles. The van der Waals surface area contributed by atoms with Crippen LogP contribution in [0.2, 0.25) is 0 Å². The number of aryl methyl sites for hydroxylation is 1. The number of nitrogens with zero attached hydrogens (tertiary/aromatic N) is 1. The second-order valence-corrected chi connectivity index (χ2v) is 9.30. The number of fused-ring (bicyclic) bond motifs is 1. The fourth-order valence-electron chi connectivity index (χ4n) is 3.60. The first-order valence-corrected chi connectivity index (χ1v) is 11.1. The maximum absolute atomic E-state index is 12.9. The minimum Gasteiger partial charge on any atom is -0.486 e. The van der Waals surface area contributed by atoms with Gasteiger partial charge in [0.1, 0.15) is 13.2 Å². The van der Waals surface area contributed by atoms with Crippen molar-refractivity contribution >= 4 is 21.6 Å². The predicted molar refractivity (Wildman–Crippen MR) is 109 cm³/mol. The van der Waals surface area contributed by atoms with E-state index in [9.17, 15) is 13.2 Å². The van der Waals surface area contributed by atoms with E-state index in [1.807, 2.05) is 6.92 Å². The number of hydrogen-bond acceptors (Lipinski definition) is 5. The van der Waals surface area contributed by atoms with Gasteiger partial charge in [0.05, 0.1) is 10.8 Å². The molecule has 0 aromatic heterocycles. The van der Waals surface area contributed by atoms with Gasteiger partial charge in [0.15, 0.2) is 11.5 Å². The lowest BCUT2D eigenvalue weighted by Gasteiger charge is -2.31. The van der Waals surface area contributed by atoms with E-state index in [0.29, 0.717) is 49.8 Å². The molecule has 8 heteroatoms. The number of ether oxygens (including phenoxy) is 2. The smallest absolute Gasteiger partial charge is 0.243 e. The normalized spacial score (nSPS) is 19.6. The Morgan fingerprint density at radius 3 is 2.55 bits per heavy atom. The van der Waals surface area contributed by atoms with E-state index in [2.05, 4.69) is 5.32 Å². The van der Waals surface area contributed by atoms with Crippen molar-refractivity contribution in [3.05, 3.63) is 48.0 Å². The van der Waals surface area contributed by atoms with Crippen LogP contribution in [0.5, 0.6) is 11.5 Å². The van der Waals surface area contributed by atoms with Crippen molar-refractivity contribution in [2.75, 3.05) is 31.6 Å². The van der Waals surface area contributed by atoms with Crippen LogP contribution in [-0.4, -0.2) is 44.9 Å². The van der Waals surface area contributed by atoms with Crippen molar-refractivity contribution in [2.45, 2.75) is 24.7 Å². The summed E-state index contributed by atoms with van der Waals surface area (Å²) in [5.41, 5.74) is 1.61. The maximum Gasteiger partial charge on any atom is 0.243 e.